The molecular weight excluding hydrogens is 241 g/mol. The summed E-state index contributed by atoms with van der Waals surface area (Å²) in [4.78, 5) is 2.20. The molecule has 0 bridgehead atoms. The maximum atomic E-state index is 12.6. The predicted molar refractivity (Wildman–Crippen MR) is 65.6 cm³/mol. The van der Waals surface area contributed by atoms with Crippen molar-refractivity contribution in [3.05, 3.63) is 29.8 Å². The molecule has 1 aliphatic heterocycles. The summed E-state index contributed by atoms with van der Waals surface area (Å²) in [6.07, 6.45) is -3.33. The van der Waals surface area contributed by atoms with Crippen LogP contribution in [0.15, 0.2) is 24.3 Å². The second kappa shape index (κ2) is 4.80. The minimum atomic E-state index is -4.28. The molecule has 2 atom stereocenters. The minimum absolute atomic E-state index is 0.216. The average molecular weight is 258 g/mol. The van der Waals surface area contributed by atoms with Gasteiger partial charge in [0.2, 0.25) is 0 Å². The van der Waals surface area contributed by atoms with Crippen molar-refractivity contribution in [3.8, 4) is 0 Å². The summed E-state index contributed by atoms with van der Waals surface area (Å²) in [5.41, 5.74) is -0.0655. The number of nitrogens with zero attached hydrogens (tertiary/aromatic N) is 1. The number of alkyl halides is 3. The Hall–Kier alpha value is -1.23. The lowest BCUT2D eigenvalue weighted by Gasteiger charge is -2.15. The van der Waals surface area contributed by atoms with Gasteiger partial charge in [-0.25, -0.2) is 0 Å². The van der Waals surface area contributed by atoms with Crippen molar-refractivity contribution in [2.45, 2.75) is 31.6 Å². The molecule has 0 radical (unpaired) electrons. The van der Waals surface area contributed by atoms with Gasteiger partial charge in [0.1, 0.15) is 0 Å². The van der Waals surface area contributed by atoms with Gasteiger partial charge in [-0.05, 0) is 38.6 Å². The van der Waals surface area contributed by atoms with Crippen molar-refractivity contribution in [2.75, 3.05) is 18.9 Å². The van der Waals surface area contributed by atoms with Crippen molar-refractivity contribution >= 4 is 5.69 Å². The Labute approximate surface area is 105 Å². The van der Waals surface area contributed by atoms with Crippen molar-refractivity contribution < 1.29 is 13.2 Å². The first-order chi connectivity index (χ1) is 8.36. The number of benzene rings is 1. The summed E-state index contributed by atoms with van der Waals surface area (Å²) in [6, 6.07) is 6.06. The third-order valence-electron chi connectivity index (χ3n) is 3.45. The normalized spacial score (nSPS) is 25.4. The predicted octanol–water partition coefficient (Wildman–Crippen LogP) is 3.21. The lowest BCUT2D eigenvalue weighted by atomic mass is 10.1. The van der Waals surface area contributed by atoms with Crippen LogP contribution in [0.1, 0.15) is 18.9 Å². The maximum absolute atomic E-state index is 12.6. The van der Waals surface area contributed by atoms with Crippen molar-refractivity contribution in [1.29, 1.82) is 0 Å². The van der Waals surface area contributed by atoms with E-state index in [1.54, 1.807) is 6.07 Å². The zero-order valence-electron chi connectivity index (χ0n) is 10.5. The molecule has 1 aromatic carbocycles. The van der Waals surface area contributed by atoms with Gasteiger partial charge in [0, 0.05) is 24.3 Å². The third kappa shape index (κ3) is 2.96. The van der Waals surface area contributed by atoms with E-state index in [1.807, 2.05) is 7.05 Å². The lowest BCUT2D eigenvalue weighted by Crippen LogP contribution is -2.25. The molecule has 18 heavy (non-hydrogen) atoms. The van der Waals surface area contributed by atoms with Gasteiger partial charge >= 0.3 is 6.18 Å². The molecule has 1 aliphatic rings. The summed E-state index contributed by atoms with van der Waals surface area (Å²) in [5.74, 6) is 0. The van der Waals surface area contributed by atoms with Crippen LogP contribution in [0.3, 0.4) is 0 Å². The van der Waals surface area contributed by atoms with E-state index in [0.717, 1.165) is 19.0 Å². The Morgan fingerprint density at radius 1 is 1.33 bits per heavy atom. The zero-order valence-corrected chi connectivity index (χ0v) is 10.5. The SMILES string of the molecule is CC1CC(Nc2cccc(C(F)(F)F)c2)CN1C. The van der Waals surface area contributed by atoms with Crippen LogP contribution in [0.5, 0.6) is 0 Å². The molecule has 1 heterocycles. The van der Waals surface area contributed by atoms with Gasteiger partial charge < -0.3 is 10.2 Å². The van der Waals surface area contributed by atoms with Gasteiger partial charge in [0.15, 0.2) is 0 Å². The van der Waals surface area contributed by atoms with Crippen LogP contribution in [-0.4, -0.2) is 30.6 Å². The first kappa shape index (κ1) is 13.2. The molecule has 5 heteroatoms. The van der Waals surface area contributed by atoms with Crippen LogP contribution in [0.25, 0.3) is 0 Å². The molecule has 100 valence electrons. The smallest absolute Gasteiger partial charge is 0.381 e. The minimum Gasteiger partial charge on any atom is -0.381 e. The highest BCUT2D eigenvalue weighted by Gasteiger charge is 2.31. The fraction of sp³-hybridized carbons (Fsp3) is 0.538. The summed E-state index contributed by atoms with van der Waals surface area (Å²) in [6.45, 7) is 2.98. The molecule has 0 aliphatic carbocycles. The molecule has 0 aromatic heterocycles. The molecule has 2 rings (SSSR count). The Morgan fingerprint density at radius 2 is 2.06 bits per heavy atom. The maximum Gasteiger partial charge on any atom is 0.416 e. The van der Waals surface area contributed by atoms with E-state index in [0.29, 0.717) is 11.7 Å². The molecule has 0 spiro atoms. The van der Waals surface area contributed by atoms with E-state index in [9.17, 15) is 13.2 Å². The number of nitrogens with one attached hydrogen (secondary N) is 1. The molecule has 0 amide bonds. The molecule has 1 fully saturated rings. The highest BCUT2D eigenvalue weighted by Crippen LogP contribution is 2.31. The van der Waals surface area contributed by atoms with Gasteiger partial charge in [-0.1, -0.05) is 6.07 Å². The van der Waals surface area contributed by atoms with E-state index in [1.165, 1.54) is 12.1 Å². The Bertz CT molecular complexity index is 407. The summed E-state index contributed by atoms with van der Waals surface area (Å²) in [5, 5.41) is 3.17. The number of likely N-dealkylation sites (N-methyl/N-ethyl adjacent to an activating group) is 1. The molecule has 1 aromatic rings. The van der Waals surface area contributed by atoms with Crippen LogP contribution < -0.4 is 5.32 Å². The highest BCUT2D eigenvalue weighted by atomic mass is 19.4. The van der Waals surface area contributed by atoms with E-state index < -0.39 is 11.7 Å². The number of anilines is 1. The summed E-state index contributed by atoms with van der Waals surface area (Å²) < 4.78 is 37.7. The first-order valence-electron chi connectivity index (χ1n) is 6.00. The second-order valence-electron chi connectivity index (χ2n) is 4.94. The van der Waals surface area contributed by atoms with Crippen LogP contribution >= 0.6 is 0 Å². The third-order valence-corrected chi connectivity index (χ3v) is 3.45. The highest BCUT2D eigenvalue weighted by molar-refractivity contribution is 5.47. The summed E-state index contributed by atoms with van der Waals surface area (Å²) >= 11 is 0. The average Bonchev–Trinajstić information content (AvgIpc) is 2.57. The molecule has 0 saturated carbocycles. The van der Waals surface area contributed by atoms with E-state index >= 15 is 0 Å². The van der Waals surface area contributed by atoms with Gasteiger partial charge in [-0.3, -0.25) is 0 Å². The number of hydrogen-bond acceptors (Lipinski definition) is 2. The molecule has 1 N–H and O–H groups in total. The van der Waals surface area contributed by atoms with Crippen LogP contribution in [0, 0.1) is 0 Å². The van der Waals surface area contributed by atoms with Crippen molar-refractivity contribution in [3.63, 3.8) is 0 Å². The van der Waals surface area contributed by atoms with Crippen LogP contribution in [-0.2, 0) is 6.18 Å². The zero-order chi connectivity index (χ0) is 13.3. The van der Waals surface area contributed by atoms with Crippen molar-refractivity contribution in [2.24, 2.45) is 0 Å². The quantitative estimate of drug-likeness (QED) is 0.876. The van der Waals surface area contributed by atoms with E-state index in [-0.39, 0.29) is 6.04 Å². The van der Waals surface area contributed by atoms with Gasteiger partial charge in [-0.2, -0.15) is 13.2 Å². The Balaban J connectivity index is 2.06. The van der Waals surface area contributed by atoms with E-state index in [4.69, 9.17) is 0 Å². The second-order valence-corrected chi connectivity index (χ2v) is 4.94. The van der Waals surface area contributed by atoms with Crippen LogP contribution in [0.4, 0.5) is 18.9 Å². The monoisotopic (exact) mass is 258 g/mol. The first-order valence-corrected chi connectivity index (χ1v) is 6.00. The van der Waals surface area contributed by atoms with Crippen LogP contribution in [0.2, 0.25) is 0 Å². The van der Waals surface area contributed by atoms with E-state index in [2.05, 4.69) is 17.1 Å². The lowest BCUT2D eigenvalue weighted by molar-refractivity contribution is -0.137. The van der Waals surface area contributed by atoms with Gasteiger partial charge in [0.25, 0.3) is 0 Å². The number of hydrogen-bond donors (Lipinski definition) is 1. The molecule has 2 nitrogen and oxygen atoms in total. The topological polar surface area (TPSA) is 15.3 Å². The Morgan fingerprint density at radius 3 is 2.61 bits per heavy atom. The number of rotatable bonds is 2. The number of halogens is 3. The van der Waals surface area contributed by atoms with Gasteiger partial charge in [-0.15, -0.1) is 0 Å². The largest absolute Gasteiger partial charge is 0.416 e. The van der Waals surface area contributed by atoms with Gasteiger partial charge in [0.05, 0.1) is 5.56 Å². The Kier molecular flexibility index (Phi) is 3.52. The summed E-state index contributed by atoms with van der Waals surface area (Å²) in [7, 11) is 2.03. The molecule has 2 unspecified atom stereocenters. The molecule has 1 saturated heterocycles. The standard InChI is InChI=1S/C13H17F3N2/c1-9-6-12(8-18(9)2)17-11-5-3-4-10(7-11)13(14,15)16/h3-5,7,9,12,17H,6,8H2,1-2H3. The number of likely N-dealkylation sites (tertiary alicyclic amines) is 1. The molecular formula is C13H17F3N2. The van der Waals surface area contributed by atoms with Crippen molar-refractivity contribution in [1.82, 2.24) is 4.90 Å². The fourth-order valence-corrected chi connectivity index (χ4v) is 2.32. The fourth-order valence-electron chi connectivity index (χ4n) is 2.32.